The number of halogens is 3. The topological polar surface area (TPSA) is 98.8 Å². The summed E-state index contributed by atoms with van der Waals surface area (Å²) in [6.45, 7) is 0.0849. The number of aromatic nitrogens is 4. The van der Waals surface area contributed by atoms with Gasteiger partial charge in [0.15, 0.2) is 5.65 Å². The van der Waals surface area contributed by atoms with E-state index in [1.165, 1.54) is 22.8 Å². The second-order valence-corrected chi connectivity index (χ2v) is 6.27. The van der Waals surface area contributed by atoms with Crippen molar-refractivity contribution in [2.24, 2.45) is 0 Å². The Morgan fingerprint density at radius 3 is 2.74 bits per heavy atom. The zero-order chi connectivity index (χ0) is 19.2. The number of nitrogens with zero attached hydrogens (tertiary/aromatic N) is 5. The van der Waals surface area contributed by atoms with E-state index in [0.717, 1.165) is 19.0 Å². The lowest BCUT2D eigenvalue weighted by molar-refractivity contribution is -0.384. The molecule has 2 heterocycles. The van der Waals surface area contributed by atoms with Crippen LogP contribution in [0.3, 0.4) is 0 Å². The maximum atomic E-state index is 13.0. The molecule has 0 radical (unpaired) electrons. The third-order valence-corrected chi connectivity index (χ3v) is 4.11. The van der Waals surface area contributed by atoms with Gasteiger partial charge in [0.05, 0.1) is 17.7 Å². The molecule has 2 aromatic heterocycles. The number of hydrogen-bond acceptors (Lipinski definition) is 6. The van der Waals surface area contributed by atoms with E-state index in [1.807, 2.05) is 0 Å². The van der Waals surface area contributed by atoms with E-state index in [9.17, 15) is 23.3 Å². The van der Waals surface area contributed by atoms with Crippen LogP contribution >= 0.6 is 0 Å². The maximum absolute atomic E-state index is 13.0. The van der Waals surface area contributed by atoms with Crippen LogP contribution in [0.25, 0.3) is 11.2 Å². The van der Waals surface area contributed by atoms with Gasteiger partial charge >= 0.3 is 6.18 Å². The molecule has 0 spiro atoms. The number of nitrogens with one attached hydrogen (secondary N) is 1. The fourth-order valence-electron chi connectivity index (χ4n) is 2.68. The Kier molecular flexibility index (Phi) is 3.93. The van der Waals surface area contributed by atoms with Crippen molar-refractivity contribution < 1.29 is 18.1 Å². The summed E-state index contributed by atoms with van der Waals surface area (Å²) < 4.78 is 40.5. The zero-order valence-electron chi connectivity index (χ0n) is 13.8. The molecule has 0 saturated heterocycles. The number of nitro groups is 1. The van der Waals surface area contributed by atoms with Gasteiger partial charge in [0.25, 0.3) is 5.69 Å². The Balaban J connectivity index is 1.80. The van der Waals surface area contributed by atoms with Crippen molar-refractivity contribution in [3.05, 3.63) is 52.0 Å². The van der Waals surface area contributed by atoms with Gasteiger partial charge in [-0.1, -0.05) is 12.1 Å². The Morgan fingerprint density at radius 2 is 2.07 bits per heavy atom. The quantitative estimate of drug-likeness (QED) is 0.540. The molecule has 1 aliphatic rings. The fraction of sp³-hybridized carbons (Fsp3) is 0.312. The number of benzene rings is 1. The lowest BCUT2D eigenvalue weighted by atomic mass is 10.2. The molecule has 140 valence electrons. The second-order valence-electron chi connectivity index (χ2n) is 6.27. The van der Waals surface area contributed by atoms with Gasteiger partial charge in [-0.15, -0.1) is 0 Å². The van der Waals surface area contributed by atoms with E-state index in [-0.39, 0.29) is 29.4 Å². The molecule has 11 heteroatoms. The molecule has 0 aliphatic heterocycles. The molecular weight excluding hydrogens is 365 g/mol. The summed E-state index contributed by atoms with van der Waals surface area (Å²) in [6, 6.07) is 6.12. The number of fused-ring (bicyclic) bond motifs is 1. The number of nitro benzene ring substituents is 1. The van der Waals surface area contributed by atoms with Crippen LogP contribution in [0, 0.1) is 10.1 Å². The fourth-order valence-corrected chi connectivity index (χ4v) is 2.68. The summed E-state index contributed by atoms with van der Waals surface area (Å²) in [5, 5.41) is 14.1. The summed E-state index contributed by atoms with van der Waals surface area (Å²) in [5.41, 5.74) is 0.692. The van der Waals surface area contributed by atoms with Crippen molar-refractivity contribution in [3.8, 4) is 0 Å². The molecule has 0 bridgehead atoms. The largest absolute Gasteiger partial charge is 0.451 e. The molecular formula is C16H13F3N6O2. The molecule has 0 atom stereocenters. The van der Waals surface area contributed by atoms with Gasteiger partial charge in [-0.2, -0.15) is 13.2 Å². The Hall–Kier alpha value is -3.24. The number of anilines is 1. The van der Waals surface area contributed by atoms with Gasteiger partial charge in [0.2, 0.25) is 11.8 Å². The van der Waals surface area contributed by atoms with Crippen molar-refractivity contribution in [1.29, 1.82) is 0 Å². The van der Waals surface area contributed by atoms with E-state index in [1.54, 1.807) is 6.07 Å². The van der Waals surface area contributed by atoms with Crippen molar-refractivity contribution in [2.75, 3.05) is 5.32 Å². The second kappa shape index (κ2) is 6.18. The minimum absolute atomic E-state index is 0.0204. The average molecular weight is 378 g/mol. The number of non-ortho nitro benzene ring substituents is 1. The van der Waals surface area contributed by atoms with Crippen molar-refractivity contribution in [2.45, 2.75) is 31.6 Å². The van der Waals surface area contributed by atoms with Crippen LogP contribution in [0.15, 0.2) is 30.5 Å². The smallest absolute Gasteiger partial charge is 0.353 e. The van der Waals surface area contributed by atoms with E-state index in [0.29, 0.717) is 11.5 Å². The number of alkyl halides is 3. The molecule has 27 heavy (non-hydrogen) atoms. The summed E-state index contributed by atoms with van der Waals surface area (Å²) >= 11 is 0. The van der Waals surface area contributed by atoms with Gasteiger partial charge in [-0.3, -0.25) is 14.7 Å². The van der Waals surface area contributed by atoms with Crippen LogP contribution in [0.4, 0.5) is 24.8 Å². The molecule has 8 nitrogen and oxygen atoms in total. The Labute approximate surface area is 150 Å². The summed E-state index contributed by atoms with van der Waals surface area (Å²) in [4.78, 5) is 21.7. The predicted octanol–water partition coefficient (Wildman–Crippen LogP) is 3.38. The maximum Gasteiger partial charge on any atom is 0.451 e. The lowest BCUT2D eigenvalue weighted by Gasteiger charge is -2.10. The molecule has 1 aliphatic carbocycles. The first-order valence-electron chi connectivity index (χ1n) is 8.11. The summed E-state index contributed by atoms with van der Waals surface area (Å²) in [7, 11) is 0. The van der Waals surface area contributed by atoms with Crippen LogP contribution in [-0.2, 0) is 12.7 Å². The number of rotatable bonds is 5. The minimum atomic E-state index is -4.68. The van der Waals surface area contributed by atoms with Crippen molar-refractivity contribution >= 4 is 22.8 Å². The van der Waals surface area contributed by atoms with E-state index >= 15 is 0 Å². The van der Waals surface area contributed by atoms with Gasteiger partial charge in [0, 0.05) is 18.2 Å². The highest BCUT2D eigenvalue weighted by atomic mass is 19.4. The molecule has 0 unspecified atom stereocenters. The Morgan fingerprint density at radius 1 is 1.30 bits per heavy atom. The lowest BCUT2D eigenvalue weighted by Crippen LogP contribution is -2.13. The highest BCUT2D eigenvalue weighted by molar-refractivity contribution is 5.74. The monoisotopic (exact) mass is 378 g/mol. The first-order chi connectivity index (χ1) is 12.8. The average Bonchev–Trinajstić information content (AvgIpc) is 3.36. The van der Waals surface area contributed by atoms with Crippen LogP contribution in [0.1, 0.15) is 24.2 Å². The minimum Gasteiger partial charge on any atom is -0.353 e. The van der Waals surface area contributed by atoms with Gasteiger partial charge in [-0.05, 0) is 18.4 Å². The molecule has 4 rings (SSSR count). The SMILES string of the molecule is O=[N+]([O-])c1cccc(Cn2c(NC3CC3)nc3cnc(C(F)(F)F)nc32)c1. The standard InChI is InChI=1S/C16H13F3N6O2/c17-16(18,19)14-20-7-12-13(23-14)24(15(22-12)21-10-4-5-10)8-9-2-1-3-11(6-9)25(26)27/h1-3,6-7,10H,4-5,8H2,(H,21,22). The van der Waals surface area contributed by atoms with Crippen LogP contribution in [0.2, 0.25) is 0 Å². The summed E-state index contributed by atoms with van der Waals surface area (Å²) in [6.07, 6.45) is -1.76. The van der Waals surface area contributed by atoms with Gasteiger partial charge < -0.3 is 5.32 Å². The van der Waals surface area contributed by atoms with Crippen LogP contribution < -0.4 is 5.32 Å². The van der Waals surface area contributed by atoms with Crippen LogP contribution in [0.5, 0.6) is 0 Å². The van der Waals surface area contributed by atoms with E-state index in [2.05, 4.69) is 20.3 Å². The normalized spacial score (nSPS) is 14.5. The van der Waals surface area contributed by atoms with E-state index < -0.39 is 16.9 Å². The molecule has 1 aromatic carbocycles. The molecule has 3 aromatic rings. The van der Waals surface area contributed by atoms with Crippen molar-refractivity contribution in [1.82, 2.24) is 19.5 Å². The van der Waals surface area contributed by atoms with Crippen LogP contribution in [-0.4, -0.2) is 30.5 Å². The molecule has 1 fully saturated rings. The third-order valence-electron chi connectivity index (χ3n) is 4.11. The van der Waals surface area contributed by atoms with Crippen molar-refractivity contribution in [3.63, 3.8) is 0 Å². The summed E-state index contributed by atoms with van der Waals surface area (Å²) in [5.74, 6) is -0.888. The Bertz CT molecular complexity index is 1030. The highest BCUT2D eigenvalue weighted by Crippen LogP contribution is 2.30. The molecule has 0 amide bonds. The van der Waals surface area contributed by atoms with E-state index in [4.69, 9.17) is 0 Å². The predicted molar refractivity (Wildman–Crippen MR) is 89.2 cm³/mol. The third kappa shape index (κ3) is 3.52. The zero-order valence-corrected chi connectivity index (χ0v) is 13.8. The van der Waals surface area contributed by atoms with Gasteiger partial charge in [0.1, 0.15) is 5.52 Å². The highest BCUT2D eigenvalue weighted by Gasteiger charge is 2.35. The molecule has 1 saturated carbocycles. The van der Waals surface area contributed by atoms with Gasteiger partial charge in [-0.25, -0.2) is 15.0 Å². The molecule has 1 N–H and O–H groups in total. The number of hydrogen-bond donors (Lipinski definition) is 1. The first-order valence-corrected chi connectivity index (χ1v) is 8.11. The number of imidazole rings is 1. The first kappa shape index (κ1) is 17.2.